The Morgan fingerprint density at radius 1 is 0.857 bits per heavy atom. The maximum absolute atomic E-state index is 6.24. The molecule has 4 nitrogen and oxygen atoms in total. The number of nitrogens with two attached hydrogens (primary N) is 1. The van der Waals surface area contributed by atoms with E-state index >= 15 is 0 Å². The summed E-state index contributed by atoms with van der Waals surface area (Å²) < 4.78 is 0. The summed E-state index contributed by atoms with van der Waals surface area (Å²) in [5, 5.41) is 8.88. The maximum Gasteiger partial charge on any atom is 0.0887 e. The van der Waals surface area contributed by atoms with Crippen LogP contribution in [0.25, 0.3) is 0 Å². The predicted molar refractivity (Wildman–Crippen MR) is 113 cm³/mol. The highest BCUT2D eigenvalue weighted by Crippen LogP contribution is 2.43. The lowest BCUT2D eigenvalue weighted by molar-refractivity contribution is 0.740. The monoisotopic (exact) mass is 368 g/mol. The van der Waals surface area contributed by atoms with Gasteiger partial charge in [0.1, 0.15) is 0 Å². The van der Waals surface area contributed by atoms with Gasteiger partial charge in [-0.05, 0) is 72.4 Å². The Bertz CT molecular complexity index is 1020. The Kier molecular flexibility index (Phi) is 4.02. The lowest BCUT2D eigenvalue weighted by Gasteiger charge is -2.18. The van der Waals surface area contributed by atoms with Crippen LogP contribution in [0.5, 0.6) is 0 Å². The Hall–Kier alpha value is -2.98. The van der Waals surface area contributed by atoms with Crippen LogP contribution in [0.3, 0.4) is 0 Å². The van der Waals surface area contributed by atoms with Crippen LogP contribution in [0.1, 0.15) is 35.1 Å². The fourth-order valence-corrected chi connectivity index (χ4v) is 3.86. The van der Waals surface area contributed by atoms with E-state index in [1.807, 2.05) is 12.1 Å². The summed E-state index contributed by atoms with van der Waals surface area (Å²) in [6.45, 7) is 4.02. The molecule has 28 heavy (non-hydrogen) atoms. The standard InChI is InChI=1S/C24H24N4/c1-17-14-22(28-15-18-4-2-3-5-19(18)16-28)10-11-23(17)27-26-21-8-6-20(7-9-21)24(25)12-13-24/h2-11,14H,12-13,15-16,25H2,1H3. The average Bonchev–Trinajstić information content (AvgIpc) is 3.32. The fraction of sp³-hybridized carbons (Fsp3) is 0.250. The summed E-state index contributed by atoms with van der Waals surface area (Å²) in [5.41, 5.74) is 14.3. The van der Waals surface area contributed by atoms with Crippen LogP contribution >= 0.6 is 0 Å². The van der Waals surface area contributed by atoms with Crippen molar-refractivity contribution in [2.24, 2.45) is 16.0 Å². The number of azo groups is 1. The zero-order valence-electron chi connectivity index (χ0n) is 16.1. The van der Waals surface area contributed by atoms with E-state index in [0.717, 1.165) is 42.9 Å². The third-order valence-electron chi connectivity index (χ3n) is 5.89. The maximum atomic E-state index is 6.24. The molecule has 5 rings (SSSR count). The first-order valence-electron chi connectivity index (χ1n) is 9.84. The van der Waals surface area contributed by atoms with Crippen molar-refractivity contribution in [1.29, 1.82) is 0 Å². The van der Waals surface area contributed by atoms with Crippen LogP contribution in [0, 0.1) is 6.92 Å². The number of aryl methyl sites for hydroxylation is 1. The fourth-order valence-electron chi connectivity index (χ4n) is 3.86. The van der Waals surface area contributed by atoms with E-state index in [4.69, 9.17) is 5.73 Å². The molecule has 0 saturated heterocycles. The van der Waals surface area contributed by atoms with Crippen LogP contribution in [0.4, 0.5) is 17.1 Å². The lowest BCUT2D eigenvalue weighted by atomic mass is 10.1. The number of benzene rings is 3. The molecule has 1 saturated carbocycles. The van der Waals surface area contributed by atoms with E-state index in [-0.39, 0.29) is 5.54 Å². The van der Waals surface area contributed by atoms with Crippen LogP contribution < -0.4 is 10.6 Å². The second-order valence-corrected chi connectivity index (χ2v) is 8.00. The van der Waals surface area contributed by atoms with Crippen molar-refractivity contribution >= 4 is 17.1 Å². The third-order valence-corrected chi connectivity index (χ3v) is 5.89. The lowest BCUT2D eigenvalue weighted by Crippen LogP contribution is -2.18. The predicted octanol–water partition coefficient (Wildman–Crippen LogP) is 5.88. The molecule has 0 bridgehead atoms. The number of hydrogen-bond acceptors (Lipinski definition) is 4. The molecule has 0 atom stereocenters. The summed E-state index contributed by atoms with van der Waals surface area (Å²) in [6.07, 6.45) is 2.14. The highest BCUT2D eigenvalue weighted by molar-refractivity contribution is 5.59. The molecule has 0 unspecified atom stereocenters. The number of hydrogen-bond donors (Lipinski definition) is 1. The molecule has 1 aliphatic carbocycles. The summed E-state index contributed by atoms with van der Waals surface area (Å²) in [6, 6.07) is 23.2. The van der Waals surface area contributed by atoms with Crippen LogP contribution in [-0.2, 0) is 18.6 Å². The first-order valence-corrected chi connectivity index (χ1v) is 9.84. The van der Waals surface area contributed by atoms with E-state index in [2.05, 4.69) is 76.6 Å². The molecule has 2 N–H and O–H groups in total. The second-order valence-electron chi connectivity index (χ2n) is 8.00. The van der Waals surface area contributed by atoms with Crippen molar-refractivity contribution in [3.05, 3.63) is 89.0 Å². The van der Waals surface area contributed by atoms with Crippen LogP contribution in [-0.4, -0.2) is 0 Å². The summed E-state index contributed by atoms with van der Waals surface area (Å²) >= 11 is 0. The zero-order valence-corrected chi connectivity index (χ0v) is 16.1. The van der Waals surface area contributed by atoms with Crippen molar-refractivity contribution in [1.82, 2.24) is 0 Å². The van der Waals surface area contributed by atoms with Gasteiger partial charge in [-0.25, -0.2) is 0 Å². The highest BCUT2D eigenvalue weighted by Gasteiger charge is 2.39. The molecule has 2 aliphatic rings. The molecule has 0 amide bonds. The van der Waals surface area contributed by atoms with Crippen molar-refractivity contribution in [3.8, 4) is 0 Å². The molecule has 1 heterocycles. The molecular weight excluding hydrogens is 344 g/mol. The van der Waals surface area contributed by atoms with Gasteiger partial charge >= 0.3 is 0 Å². The molecule has 0 aromatic heterocycles. The summed E-state index contributed by atoms with van der Waals surface area (Å²) in [4.78, 5) is 2.40. The number of nitrogens with zero attached hydrogens (tertiary/aromatic N) is 3. The van der Waals surface area contributed by atoms with Crippen molar-refractivity contribution in [2.45, 2.75) is 38.4 Å². The minimum atomic E-state index is -0.0999. The molecule has 4 heteroatoms. The minimum absolute atomic E-state index is 0.0999. The minimum Gasteiger partial charge on any atom is -0.363 e. The quantitative estimate of drug-likeness (QED) is 0.585. The van der Waals surface area contributed by atoms with Gasteiger partial charge < -0.3 is 10.6 Å². The summed E-state index contributed by atoms with van der Waals surface area (Å²) in [5.74, 6) is 0. The largest absolute Gasteiger partial charge is 0.363 e. The first kappa shape index (κ1) is 17.1. The van der Waals surface area contributed by atoms with Gasteiger partial charge in [0.25, 0.3) is 0 Å². The highest BCUT2D eigenvalue weighted by atomic mass is 15.1. The Morgan fingerprint density at radius 2 is 1.54 bits per heavy atom. The van der Waals surface area contributed by atoms with Crippen LogP contribution in [0.15, 0.2) is 77.0 Å². The Balaban J connectivity index is 1.31. The molecule has 1 aliphatic heterocycles. The second kappa shape index (κ2) is 6.57. The van der Waals surface area contributed by atoms with Gasteiger partial charge in [0.15, 0.2) is 0 Å². The number of anilines is 1. The smallest absolute Gasteiger partial charge is 0.0887 e. The molecule has 3 aromatic rings. The third kappa shape index (κ3) is 3.20. The van der Waals surface area contributed by atoms with Gasteiger partial charge in [-0.3, -0.25) is 0 Å². The summed E-state index contributed by atoms with van der Waals surface area (Å²) in [7, 11) is 0. The molecular formula is C24H24N4. The molecule has 1 fully saturated rings. The molecule has 140 valence electrons. The normalized spacial score (nSPS) is 17.1. The first-order chi connectivity index (χ1) is 13.6. The number of rotatable bonds is 4. The SMILES string of the molecule is Cc1cc(N2Cc3ccccc3C2)ccc1N=Nc1ccc(C2(N)CC2)cc1. The zero-order chi connectivity index (χ0) is 19.1. The topological polar surface area (TPSA) is 54.0 Å². The molecule has 3 aromatic carbocycles. The van der Waals surface area contributed by atoms with Crippen molar-refractivity contribution < 1.29 is 0 Å². The Labute approximate surface area is 165 Å². The van der Waals surface area contributed by atoms with E-state index in [0.29, 0.717) is 0 Å². The van der Waals surface area contributed by atoms with Gasteiger partial charge in [0.2, 0.25) is 0 Å². The molecule has 0 radical (unpaired) electrons. The van der Waals surface area contributed by atoms with E-state index in [9.17, 15) is 0 Å². The van der Waals surface area contributed by atoms with Crippen molar-refractivity contribution in [2.75, 3.05) is 4.90 Å². The van der Waals surface area contributed by atoms with E-state index in [1.54, 1.807) is 0 Å². The molecule has 0 spiro atoms. The van der Waals surface area contributed by atoms with Gasteiger partial charge in [-0.15, -0.1) is 0 Å². The van der Waals surface area contributed by atoms with Gasteiger partial charge in [0, 0.05) is 24.3 Å². The Morgan fingerprint density at radius 3 is 2.14 bits per heavy atom. The van der Waals surface area contributed by atoms with E-state index < -0.39 is 0 Å². The van der Waals surface area contributed by atoms with Gasteiger partial charge in [-0.1, -0.05) is 36.4 Å². The van der Waals surface area contributed by atoms with Gasteiger partial charge in [-0.2, -0.15) is 10.2 Å². The number of fused-ring (bicyclic) bond motifs is 1. The van der Waals surface area contributed by atoms with E-state index in [1.165, 1.54) is 22.4 Å². The van der Waals surface area contributed by atoms with Crippen LogP contribution in [0.2, 0.25) is 0 Å². The van der Waals surface area contributed by atoms with Gasteiger partial charge in [0.05, 0.1) is 11.4 Å². The van der Waals surface area contributed by atoms with Crippen molar-refractivity contribution in [3.63, 3.8) is 0 Å². The average molecular weight is 368 g/mol.